The van der Waals surface area contributed by atoms with Crippen molar-refractivity contribution in [1.29, 1.82) is 0 Å². The Bertz CT molecular complexity index is 234. The van der Waals surface area contributed by atoms with Crippen LogP contribution < -0.4 is 6.15 Å². The summed E-state index contributed by atoms with van der Waals surface area (Å²) in [5.74, 6) is -0.569. The highest BCUT2D eigenvalue weighted by Gasteiger charge is 2.17. The summed E-state index contributed by atoms with van der Waals surface area (Å²) in [6.07, 6.45) is 0. The maximum absolute atomic E-state index is 10.3. The van der Waals surface area contributed by atoms with E-state index in [4.69, 9.17) is 4.55 Å². The summed E-state index contributed by atoms with van der Waals surface area (Å²) in [5, 5.41) is -1.06. The van der Waals surface area contributed by atoms with Crippen LogP contribution in [0.15, 0.2) is 0 Å². The molecule has 1 atom stereocenters. The molecule has 0 amide bonds. The third-order valence-corrected chi connectivity index (χ3v) is 2.18. The Hall–Kier alpha value is -0.660. The van der Waals surface area contributed by atoms with Crippen molar-refractivity contribution in [2.45, 2.75) is 19.1 Å². The number of carbonyl (C=O) groups excluding carboxylic acids is 1. The van der Waals surface area contributed by atoms with Crippen molar-refractivity contribution >= 4 is 16.1 Å². The average Bonchev–Trinajstić information content (AvgIpc) is 1.80. The fraction of sp³-hybridized carbons (Fsp3) is 0.800. The molecule has 0 spiro atoms. The number of hydrogen-bond donors (Lipinski definition) is 2. The van der Waals surface area contributed by atoms with Crippen molar-refractivity contribution in [3.63, 3.8) is 0 Å². The Balaban J connectivity index is 0. The van der Waals surface area contributed by atoms with Gasteiger partial charge in [-0.1, -0.05) is 0 Å². The van der Waals surface area contributed by atoms with E-state index < -0.39 is 21.3 Å². The predicted molar refractivity (Wildman–Crippen MR) is 42.7 cm³/mol. The predicted octanol–water partition coefficient (Wildman–Crippen LogP) is -0.0122. The second-order valence-corrected chi connectivity index (χ2v) is 3.96. The zero-order valence-electron chi connectivity index (χ0n) is 6.98. The molecule has 0 aliphatic carbocycles. The molecule has 0 heterocycles. The molecule has 0 aliphatic rings. The summed E-state index contributed by atoms with van der Waals surface area (Å²) >= 11 is 0. The van der Waals surface area contributed by atoms with Gasteiger partial charge in [0.1, 0.15) is 11.9 Å². The van der Waals surface area contributed by atoms with Crippen LogP contribution in [0.25, 0.3) is 0 Å². The summed E-state index contributed by atoms with van der Waals surface area (Å²) in [7, 11) is -4.08. The van der Waals surface area contributed by atoms with Crippen molar-refractivity contribution in [3.8, 4) is 0 Å². The highest BCUT2D eigenvalue weighted by atomic mass is 32.2. The van der Waals surface area contributed by atoms with E-state index >= 15 is 0 Å². The van der Waals surface area contributed by atoms with Gasteiger partial charge in [0.2, 0.25) is 0 Å². The molecule has 74 valence electrons. The largest absolute Gasteiger partial charge is 0.464 e. The summed E-state index contributed by atoms with van der Waals surface area (Å²) in [4.78, 5) is 10.2. The first-order chi connectivity index (χ1) is 4.84. The molecule has 0 aliphatic heterocycles. The Kier molecular flexibility index (Phi) is 5.87. The molecule has 7 heteroatoms. The lowest BCUT2D eigenvalue weighted by atomic mass is 10.5. The van der Waals surface area contributed by atoms with E-state index in [0.29, 0.717) is 0 Å². The van der Waals surface area contributed by atoms with Gasteiger partial charge in [-0.05, 0) is 6.92 Å². The second-order valence-electron chi connectivity index (χ2n) is 2.13. The molecule has 12 heavy (non-hydrogen) atoms. The first kappa shape index (κ1) is 13.9. The van der Waals surface area contributed by atoms with Gasteiger partial charge >= 0.3 is 5.97 Å². The maximum atomic E-state index is 10.3. The molecule has 6 nitrogen and oxygen atoms in total. The van der Waals surface area contributed by atoms with Crippen LogP contribution in [0.4, 0.5) is 0 Å². The summed E-state index contributed by atoms with van der Waals surface area (Å²) in [6.45, 7) is 2.10. The van der Waals surface area contributed by atoms with Gasteiger partial charge in [0.15, 0.2) is 0 Å². The SMILES string of the molecule is CC(=O)OCC(C)S(=O)(=O)O.N. The van der Waals surface area contributed by atoms with Crippen LogP contribution in [0, 0.1) is 0 Å². The van der Waals surface area contributed by atoms with Crippen LogP contribution in [-0.2, 0) is 19.6 Å². The molecular weight excluding hydrogens is 186 g/mol. The van der Waals surface area contributed by atoms with E-state index in [9.17, 15) is 13.2 Å². The van der Waals surface area contributed by atoms with E-state index in [1.54, 1.807) is 0 Å². The minimum absolute atomic E-state index is 0. The summed E-state index contributed by atoms with van der Waals surface area (Å²) in [5.41, 5.74) is 0. The van der Waals surface area contributed by atoms with Gasteiger partial charge in [0, 0.05) is 6.92 Å². The molecule has 0 aromatic carbocycles. The van der Waals surface area contributed by atoms with E-state index in [-0.39, 0.29) is 12.8 Å². The molecule has 4 N–H and O–H groups in total. The normalized spacial score (nSPS) is 12.9. The topological polar surface area (TPSA) is 116 Å². The lowest BCUT2D eigenvalue weighted by Gasteiger charge is -2.06. The summed E-state index contributed by atoms with van der Waals surface area (Å²) in [6, 6.07) is 0. The molecule has 0 aromatic heterocycles. The zero-order chi connectivity index (χ0) is 9.07. The van der Waals surface area contributed by atoms with Crippen LogP contribution in [0.2, 0.25) is 0 Å². The van der Waals surface area contributed by atoms with Crippen molar-refractivity contribution in [2.24, 2.45) is 0 Å². The molecular formula is C5H13NO5S. The van der Waals surface area contributed by atoms with Crippen LogP contribution in [0.1, 0.15) is 13.8 Å². The van der Waals surface area contributed by atoms with Crippen molar-refractivity contribution < 1.29 is 22.5 Å². The number of hydrogen-bond acceptors (Lipinski definition) is 5. The van der Waals surface area contributed by atoms with Crippen LogP contribution >= 0.6 is 0 Å². The number of rotatable bonds is 3. The monoisotopic (exact) mass is 199 g/mol. The van der Waals surface area contributed by atoms with Crippen molar-refractivity contribution in [2.75, 3.05) is 6.61 Å². The van der Waals surface area contributed by atoms with E-state index in [1.807, 2.05) is 0 Å². The fourth-order valence-electron chi connectivity index (χ4n) is 0.321. The zero-order valence-corrected chi connectivity index (χ0v) is 7.80. The van der Waals surface area contributed by atoms with Crippen LogP contribution in [0.3, 0.4) is 0 Å². The quantitative estimate of drug-likeness (QED) is 0.487. The lowest BCUT2D eigenvalue weighted by Crippen LogP contribution is -2.23. The Morgan fingerprint density at radius 3 is 2.25 bits per heavy atom. The molecule has 0 saturated heterocycles. The smallest absolute Gasteiger partial charge is 0.302 e. The van der Waals surface area contributed by atoms with Gasteiger partial charge in [0.05, 0.1) is 0 Å². The summed E-state index contributed by atoms with van der Waals surface area (Å²) < 4.78 is 33.3. The number of esters is 1. The highest BCUT2D eigenvalue weighted by Crippen LogP contribution is 1.97. The van der Waals surface area contributed by atoms with Crippen LogP contribution in [-0.4, -0.2) is 30.8 Å². The Morgan fingerprint density at radius 1 is 1.58 bits per heavy atom. The van der Waals surface area contributed by atoms with Crippen molar-refractivity contribution in [1.82, 2.24) is 6.15 Å². The molecule has 0 aromatic rings. The first-order valence-corrected chi connectivity index (χ1v) is 4.44. The third-order valence-electron chi connectivity index (χ3n) is 1.03. The van der Waals surface area contributed by atoms with Crippen molar-refractivity contribution in [3.05, 3.63) is 0 Å². The number of ether oxygens (including phenoxy) is 1. The number of carbonyl (C=O) groups is 1. The minimum atomic E-state index is -4.08. The van der Waals surface area contributed by atoms with Gasteiger partial charge in [-0.3, -0.25) is 9.35 Å². The van der Waals surface area contributed by atoms with Gasteiger partial charge in [0.25, 0.3) is 10.1 Å². The molecule has 0 radical (unpaired) electrons. The second kappa shape index (κ2) is 5.07. The fourth-order valence-corrected chi connectivity index (χ4v) is 0.561. The molecule has 0 rings (SSSR count). The van der Waals surface area contributed by atoms with Gasteiger partial charge in [-0.25, -0.2) is 0 Å². The highest BCUT2D eigenvalue weighted by molar-refractivity contribution is 7.86. The first-order valence-electron chi connectivity index (χ1n) is 2.93. The Morgan fingerprint density at radius 2 is 2.00 bits per heavy atom. The lowest BCUT2D eigenvalue weighted by molar-refractivity contribution is -0.140. The van der Waals surface area contributed by atoms with Gasteiger partial charge < -0.3 is 10.9 Å². The molecule has 0 bridgehead atoms. The molecule has 1 unspecified atom stereocenters. The van der Waals surface area contributed by atoms with Gasteiger partial charge in [-0.15, -0.1) is 0 Å². The van der Waals surface area contributed by atoms with E-state index in [1.165, 1.54) is 6.92 Å². The maximum Gasteiger partial charge on any atom is 0.302 e. The average molecular weight is 199 g/mol. The molecule has 0 saturated carbocycles. The third kappa shape index (κ3) is 6.08. The van der Waals surface area contributed by atoms with Crippen LogP contribution in [0.5, 0.6) is 0 Å². The van der Waals surface area contributed by atoms with Gasteiger partial charge in [-0.2, -0.15) is 8.42 Å². The van der Waals surface area contributed by atoms with E-state index in [0.717, 1.165) is 6.92 Å². The minimum Gasteiger partial charge on any atom is -0.464 e. The Labute approximate surface area is 71.2 Å². The standard InChI is InChI=1S/C5H10O5S.H3N/c1-4(11(7,8)9)3-10-5(2)6;/h4H,3H2,1-2H3,(H,7,8,9);1H3. The van der Waals surface area contributed by atoms with E-state index in [2.05, 4.69) is 4.74 Å². The molecule has 0 fully saturated rings.